The quantitative estimate of drug-likeness (QED) is 0.919. The molecule has 0 aliphatic heterocycles. The predicted molar refractivity (Wildman–Crippen MR) is 71.4 cm³/mol. The Labute approximate surface area is 114 Å². The molecule has 1 aromatic heterocycles. The molecule has 0 saturated heterocycles. The van der Waals surface area contributed by atoms with E-state index in [0.717, 1.165) is 22.3 Å². The van der Waals surface area contributed by atoms with Crippen molar-refractivity contribution in [3.63, 3.8) is 0 Å². The fourth-order valence-corrected chi connectivity index (χ4v) is 2.01. The van der Waals surface area contributed by atoms with Crippen molar-refractivity contribution in [2.24, 2.45) is 0 Å². The Balaban J connectivity index is 2.20. The van der Waals surface area contributed by atoms with Gasteiger partial charge in [0.1, 0.15) is 5.75 Å². The van der Waals surface area contributed by atoms with Crippen LogP contribution in [-0.2, 0) is 6.54 Å². The van der Waals surface area contributed by atoms with Crippen molar-refractivity contribution < 1.29 is 9.15 Å². The minimum absolute atomic E-state index is 0.506. The van der Waals surface area contributed by atoms with E-state index >= 15 is 0 Å². The number of ether oxygens (including phenoxy) is 1. The van der Waals surface area contributed by atoms with Gasteiger partial charge in [0, 0.05) is 5.56 Å². The number of rotatable bonds is 5. The maximum atomic E-state index is 5.55. The minimum atomic E-state index is 0.506. The van der Waals surface area contributed by atoms with Crippen LogP contribution in [0.4, 0.5) is 0 Å². The second-order valence-corrected chi connectivity index (χ2v) is 4.48. The van der Waals surface area contributed by atoms with Crippen LogP contribution in [0.5, 0.6) is 5.75 Å². The molecule has 0 radical (unpaired) electrons. The first-order chi connectivity index (χ1) is 8.74. The maximum absolute atomic E-state index is 5.55. The van der Waals surface area contributed by atoms with Gasteiger partial charge in [0.25, 0.3) is 0 Å². The van der Waals surface area contributed by atoms with Crippen LogP contribution < -0.4 is 10.1 Å². The highest BCUT2D eigenvalue weighted by atomic mass is 79.9. The second kappa shape index (κ2) is 5.97. The lowest BCUT2D eigenvalue weighted by molar-refractivity contribution is 0.412. The van der Waals surface area contributed by atoms with Crippen molar-refractivity contribution in [2.75, 3.05) is 13.7 Å². The van der Waals surface area contributed by atoms with Crippen LogP contribution in [0.2, 0.25) is 0 Å². The molecule has 2 aromatic rings. The molecule has 1 heterocycles. The van der Waals surface area contributed by atoms with Gasteiger partial charge in [-0.2, -0.15) is 0 Å². The molecule has 0 aliphatic rings. The van der Waals surface area contributed by atoms with Crippen LogP contribution in [-0.4, -0.2) is 23.9 Å². The second-order valence-electron chi connectivity index (χ2n) is 3.63. The summed E-state index contributed by atoms with van der Waals surface area (Å²) in [5.41, 5.74) is 0.859. The smallest absolute Gasteiger partial charge is 0.247 e. The number of nitrogens with zero attached hydrogens (tertiary/aromatic N) is 2. The molecule has 0 spiro atoms. The molecule has 0 unspecified atom stereocenters. The molecule has 1 aromatic carbocycles. The van der Waals surface area contributed by atoms with Crippen molar-refractivity contribution in [1.82, 2.24) is 15.5 Å². The third kappa shape index (κ3) is 2.88. The Morgan fingerprint density at radius 3 is 2.89 bits per heavy atom. The van der Waals surface area contributed by atoms with Crippen molar-refractivity contribution in [3.8, 4) is 17.2 Å². The van der Waals surface area contributed by atoms with Crippen molar-refractivity contribution >= 4 is 15.9 Å². The lowest BCUT2D eigenvalue weighted by Crippen LogP contribution is -2.11. The Hall–Kier alpha value is -1.40. The van der Waals surface area contributed by atoms with Crippen LogP contribution >= 0.6 is 15.9 Å². The number of halogens is 1. The van der Waals surface area contributed by atoms with Crippen molar-refractivity contribution in [3.05, 3.63) is 28.6 Å². The molecule has 96 valence electrons. The fraction of sp³-hybridized carbons (Fsp3) is 0.333. The van der Waals surface area contributed by atoms with Crippen molar-refractivity contribution in [2.45, 2.75) is 13.5 Å². The Bertz CT molecular complexity index is 528. The summed E-state index contributed by atoms with van der Waals surface area (Å²) in [6, 6.07) is 5.63. The van der Waals surface area contributed by atoms with Crippen LogP contribution in [0.15, 0.2) is 27.1 Å². The van der Waals surface area contributed by atoms with Gasteiger partial charge in [-0.3, -0.25) is 0 Å². The van der Waals surface area contributed by atoms with Gasteiger partial charge < -0.3 is 14.5 Å². The lowest BCUT2D eigenvalue weighted by atomic mass is 10.2. The Morgan fingerprint density at radius 1 is 1.39 bits per heavy atom. The first-order valence-electron chi connectivity index (χ1n) is 5.61. The lowest BCUT2D eigenvalue weighted by Gasteiger charge is -2.03. The summed E-state index contributed by atoms with van der Waals surface area (Å²) >= 11 is 3.43. The molecule has 0 amide bonds. The van der Waals surface area contributed by atoms with E-state index in [0.29, 0.717) is 18.3 Å². The van der Waals surface area contributed by atoms with Gasteiger partial charge in [0.2, 0.25) is 11.8 Å². The third-order valence-corrected chi connectivity index (χ3v) is 3.01. The largest absolute Gasteiger partial charge is 0.496 e. The molecule has 0 saturated carbocycles. The van der Waals surface area contributed by atoms with Gasteiger partial charge in [-0.05, 0) is 40.7 Å². The van der Waals surface area contributed by atoms with Gasteiger partial charge in [-0.1, -0.05) is 6.92 Å². The van der Waals surface area contributed by atoms with E-state index in [1.165, 1.54) is 0 Å². The molecule has 0 aliphatic carbocycles. The minimum Gasteiger partial charge on any atom is -0.496 e. The zero-order chi connectivity index (χ0) is 13.0. The molecular weight excluding hydrogens is 298 g/mol. The van der Waals surface area contributed by atoms with E-state index in [4.69, 9.17) is 9.15 Å². The Morgan fingerprint density at radius 2 is 2.22 bits per heavy atom. The Kier molecular flexibility index (Phi) is 4.33. The van der Waals surface area contributed by atoms with Crippen LogP contribution in [0.25, 0.3) is 11.5 Å². The monoisotopic (exact) mass is 311 g/mol. The molecule has 5 nitrogen and oxygen atoms in total. The summed E-state index contributed by atoms with van der Waals surface area (Å²) in [5.74, 6) is 1.86. The first-order valence-corrected chi connectivity index (χ1v) is 6.41. The molecule has 0 bridgehead atoms. The summed E-state index contributed by atoms with van der Waals surface area (Å²) in [6.07, 6.45) is 0. The SMILES string of the molecule is CCNCc1nnc(-c2ccc(OC)c(Br)c2)o1. The zero-order valence-corrected chi connectivity index (χ0v) is 11.8. The number of benzene rings is 1. The topological polar surface area (TPSA) is 60.2 Å². The van der Waals surface area contributed by atoms with E-state index in [2.05, 4.69) is 31.4 Å². The third-order valence-electron chi connectivity index (χ3n) is 2.39. The van der Waals surface area contributed by atoms with Gasteiger partial charge in [0.15, 0.2) is 0 Å². The summed E-state index contributed by atoms with van der Waals surface area (Å²) < 4.78 is 11.6. The molecule has 0 atom stereocenters. The summed E-state index contributed by atoms with van der Waals surface area (Å²) in [5, 5.41) is 11.1. The highest BCUT2D eigenvalue weighted by Gasteiger charge is 2.10. The van der Waals surface area contributed by atoms with Gasteiger partial charge in [0.05, 0.1) is 18.1 Å². The maximum Gasteiger partial charge on any atom is 0.247 e. The van der Waals surface area contributed by atoms with Gasteiger partial charge in [-0.15, -0.1) is 10.2 Å². The van der Waals surface area contributed by atoms with Gasteiger partial charge >= 0.3 is 0 Å². The number of hydrogen-bond acceptors (Lipinski definition) is 5. The van der Waals surface area contributed by atoms with Crippen LogP contribution in [0, 0.1) is 0 Å². The molecule has 1 N–H and O–H groups in total. The molecule has 2 rings (SSSR count). The predicted octanol–water partition coefficient (Wildman–Crippen LogP) is 2.62. The first kappa shape index (κ1) is 13.0. The summed E-state index contributed by atoms with van der Waals surface area (Å²) in [4.78, 5) is 0. The van der Waals surface area contributed by atoms with Crippen LogP contribution in [0.3, 0.4) is 0 Å². The number of nitrogens with one attached hydrogen (secondary N) is 1. The van der Waals surface area contributed by atoms with Crippen molar-refractivity contribution in [1.29, 1.82) is 0 Å². The van der Waals surface area contributed by atoms with E-state index in [1.807, 2.05) is 25.1 Å². The summed E-state index contributed by atoms with van der Waals surface area (Å²) in [7, 11) is 1.63. The molecule has 0 fully saturated rings. The number of methoxy groups -OCH3 is 1. The molecule has 6 heteroatoms. The highest BCUT2D eigenvalue weighted by molar-refractivity contribution is 9.10. The number of aromatic nitrogens is 2. The molecule has 18 heavy (non-hydrogen) atoms. The fourth-order valence-electron chi connectivity index (χ4n) is 1.47. The highest BCUT2D eigenvalue weighted by Crippen LogP contribution is 2.29. The standard InChI is InChI=1S/C12H14BrN3O2/c1-3-14-7-11-15-16-12(18-11)8-4-5-10(17-2)9(13)6-8/h4-6,14H,3,7H2,1-2H3. The molecular formula is C12H14BrN3O2. The van der Waals surface area contributed by atoms with Crippen LogP contribution in [0.1, 0.15) is 12.8 Å². The average molecular weight is 312 g/mol. The van der Waals surface area contributed by atoms with E-state index in [9.17, 15) is 0 Å². The van der Waals surface area contributed by atoms with E-state index < -0.39 is 0 Å². The normalized spacial score (nSPS) is 10.6. The number of hydrogen-bond donors (Lipinski definition) is 1. The average Bonchev–Trinajstić information content (AvgIpc) is 2.85. The van der Waals surface area contributed by atoms with Gasteiger partial charge in [-0.25, -0.2) is 0 Å². The van der Waals surface area contributed by atoms with E-state index in [1.54, 1.807) is 7.11 Å². The van der Waals surface area contributed by atoms with E-state index in [-0.39, 0.29) is 0 Å². The summed E-state index contributed by atoms with van der Waals surface area (Å²) in [6.45, 7) is 3.48. The zero-order valence-electron chi connectivity index (χ0n) is 10.2.